The first kappa shape index (κ1) is 18.9. The van der Waals surface area contributed by atoms with E-state index in [2.05, 4.69) is 5.32 Å². The van der Waals surface area contributed by atoms with Crippen molar-refractivity contribution >= 4 is 41.0 Å². The lowest BCUT2D eigenvalue weighted by atomic mass is 9.83. The average molecular weight is 404 g/mol. The van der Waals surface area contributed by atoms with Crippen LogP contribution in [-0.2, 0) is 14.4 Å². The predicted molar refractivity (Wildman–Crippen MR) is 102 cm³/mol. The smallest absolute Gasteiger partial charge is 0.324 e. The van der Waals surface area contributed by atoms with Crippen LogP contribution in [0.4, 0.5) is 10.5 Å². The molecule has 2 aliphatic carbocycles. The summed E-state index contributed by atoms with van der Waals surface area (Å²) in [4.78, 5) is 51.7. The van der Waals surface area contributed by atoms with Gasteiger partial charge in [-0.25, -0.2) is 9.69 Å². The Morgan fingerprint density at radius 3 is 2.64 bits per heavy atom. The number of benzene rings is 1. The molecule has 4 atom stereocenters. The largest absolute Gasteiger partial charge is 0.334 e. The molecular formula is C20H22ClN3O4. The first-order valence-corrected chi connectivity index (χ1v) is 9.97. The molecule has 8 heteroatoms. The Kier molecular flexibility index (Phi) is 4.87. The molecule has 1 aliphatic heterocycles. The minimum atomic E-state index is -0.943. The van der Waals surface area contributed by atoms with Gasteiger partial charge >= 0.3 is 17.8 Å². The molecule has 7 nitrogen and oxygen atoms in total. The molecule has 0 unspecified atom stereocenters. The van der Waals surface area contributed by atoms with Gasteiger partial charge in [-0.1, -0.05) is 24.1 Å². The zero-order valence-corrected chi connectivity index (χ0v) is 16.3. The van der Waals surface area contributed by atoms with Crippen molar-refractivity contribution < 1.29 is 19.2 Å². The van der Waals surface area contributed by atoms with Crippen LogP contribution in [0.3, 0.4) is 0 Å². The van der Waals surface area contributed by atoms with E-state index in [-0.39, 0.29) is 12.0 Å². The number of anilines is 1. The number of carbonyl (C=O) groups is 4. The summed E-state index contributed by atoms with van der Waals surface area (Å²) in [6, 6.07) is 5.50. The SMILES string of the molecule is C[C@@H]([C@@H]1C[C@H]2CC[C@H]1C2)N1C(=O)C(=O)N(CC(=O)Nc2cccc(Cl)c2)C1=O. The van der Waals surface area contributed by atoms with Crippen LogP contribution in [0.15, 0.2) is 24.3 Å². The Bertz CT molecular complexity index is 858. The van der Waals surface area contributed by atoms with Gasteiger partial charge in [0.1, 0.15) is 6.54 Å². The molecule has 2 bridgehead atoms. The Morgan fingerprint density at radius 2 is 2.00 bits per heavy atom. The van der Waals surface area contributed by atoms with E-state index < -0.39 is 30.3 Å². The molecule has 0 spiro atoms. The van der Waals surface area contributed by atoms with Crippen LogP contribution in [-0.4, -0.2) is 46.1 Å². The van der Waals surface area contributed by atoms with Gasteiger partial charge < -0.3 is 5.32 Å². The Labute approximate surface area is 168 Å². The number of nitrogens with zero attached hydrogens (tertiary/aromatic N) is 2. The first-order valence-electron chi connectivity index (χ1n) is 9.59. The second-order valence-electron chi connectivity index (χ2n) is 7.99. The summed E-state index contributed by atoms with van der Waals surface area (Å²) in [5.41, 5.74) is 0.454. The van der Waals surface area contributed by atoms with E-state index in [4.69, 9.17) is 11.6 Å². The van der Waals surface area contributed by atoms with Crippen LogP contribution in [0, 0.1) is 17.8 Å². The lowest BCUT2D eigenvalue weighted by molar-refractivity contribution is -0.144. The van der Waals surface area contributed by atoms with Gasteiger partial charge in [0.25, 0.3) is 0 Å². The molecule has 148 valence electrons. The normalized spacial score (nSPS) is 27.6. The van der Waals surface area contributed by atoms with Gasteiger partial charge in [-0.05, 0) is 62.1 Å². The highest BCUT2D eigenvalue weighted by Gasteiger charge is 2.52. The fourth-order valence-corrected chi connectivity index (χ4v) is 5.20. The van der Waals surface area contributed by atoms with Crippen LogP contribution in [0.5, 0.6) is 0 Å². The van der Waals surface area contributed by atoms with Gasteiger partial charge in [0.05, 0.1) is 0 Å². The zero-order chi connectivity index (χ0) is 20.0. The van der Waals surface area contributed by atoms with E-state index in [1.807, 2.05) is 6.92 Å². The molecule has 1 aromatic carbocycles. The highest BCUT2D eigenvalue weighted by atomic mass is 35.5. The zero-order valence-electron chi connectivity index (χ0n) is 15.6. The predicted octanol–water partition coefficient (Wildman–Crippen LogP) is 2.89. The molecule has 1 aromatic rings. The van der Waals surface area contributed by atoms with E-state index in [1.165, 1.54) is 6.42 Å². The third kappa shape index (κ3) is 3.28. The molecule has 0 radical (unpaired) electrons. The number of carbonyl (C=O) groups excluding carboxylic acids is 4. The average Bonchev–Trinajstić information content (AvgIpc) is 3.33. The molecule has 1 N–H and O–H groups in total. The van der Waals surface area contributed by atoms with E-state index in [0.717, 1.165) is 29.1 Å². The topological polar surface area (TPSA) is 86.8 Å². The van der Waals surface area contributed by atoms with E-state index >= 15 is 0 Å². The number of fused-ring (bicyclic) bond motifs is 2. The van der Waals surface area contributed by atoms with E-state index in [0.29, 0.717) is 22.5 Å². The minimum Gasteiger partial charge on any atom is -0.324 e. The summed E-state index contributed by atoms with van der Waals surface area (Å²) in [5.74, 6) is -0.931. The molecule has 4 rings (SSSR count). The Hall–Kier alpha value is -2.41. The number of amides is 5. The summed E-state index contributed by atoms with van der Waals surface area (Å²) in [5, 5.41) is 3.04. The quantitative estimate of drug-likeness (QED) is 0.605. The van der Waals surface area contributed by atoms with Crippen molar-refractivity contribution in [3.63, 3.8) is 0 Å². The Morgan fingerprint density at radius 1 is 1.21 bits per heavy atom. The molecule has 28 heavy (non-hydrogen) atoms. The fourth-order valence-electron chi connectivity index (χ4n) is 5.01. The number of hydrogen-bond acceptors (Lipinski definition) is 4. The van der Waals surface area contributed by atoms with Crippen LogP contribution in [0.1, 0.15) is 32.6 Å². The van der Waals surface area contributed by atoms with Crippen molar-refractivity contribution in [2.24, 2.45) is 17.8 Å². The lowest BCUT2D eigenvalue weighted by Gasteiger charge is -2.32. The van der Waals surface area contributed by atoms with Gasteiger partial charge in [0.2, 0.25) is 5.91 Å². The highest BCUT2D eigenvalue weighted by Crippen LogP contribution is 2.50. The van der Waals surface area contributed by atoms with Gasteiger partial charge in [-0.2, -0.15) is 0 Å². The van der Waals surface area contributed by atoms with Crippen LogP contribution in [0.25, 0.3) is 0 Å². The molecule has 0 aromatic heterocycles. The molecule has 1 saturated heterocycles. The molecule has 5 amide bonds. The molecule has 1 heterocycles. The monoisotopic (exact) mass is 403 g/mol. The van der Waals surface area contributed by atoms with E-state index in [9.17, 15) is 19.2 Å². The number of rotatable bonds is 5. The van der Waals surface area contributed by atoms with Crippen LogP contribution < -0.4 is 5.32 Å². The number of halogens is 1. The molecule has 2 saturated carbocycles. The summed E-state index contributed by atoms with van der Waals surface area (Å²) in [6.45, 7) is 1.33. The maximum Gasteiger partial charge on any atom is 0.334 e. The lowest BCUT2D eigenvalue weighted by Crippen LogP contribution is -2.45. The van der Waals surface area contributed by atoms with Gasteiger partial charge in [-0.15, -0.1) is 0 Å². The minimum absolute atomic E-state index is 0.236. The van der Waals surface area contributed by atoms with Gasteiger partial charge in [0, 0.05) is 16.8 Å². The van der Waals surface area contributed by atoms with Crippen molar-refractivity contribution in [2.75, 3.05) is 11.9 Å². The summed E-state index contributed by atoms with van der Waals surface area (Å²) < 4.78 is 0. The molecule has 3 aliphatic rings. The highest BCUT2D eigenvalue weighted by molar-refractivity contribution is 6.45. The summed E-state index contributed by atoms with van der Waals surface area (Å²) >= 11 is 5.89. The van der Waals surface area contributed by atoms with E-state index in [1.54, 1.807) is 24.3 Å². The molecular weight excluding hydrogens is 382 g/mol. The second-order valence-corrected chi connectivity index (χ2v) is 8.42. The van der Waals surface area contributed by atoms with Crippen molar-refractivity contribution in [1.82, 2.24) is 9.80 Å². The second kappa shape index (κ2) is 7.20. The van der Waals surface area contributed by atoms with Crippen molar-refractivity contribution in [3.8, 4) is 0 Å². The van der Waals surface area contributed by atoms with Crippen molar-refractivity contribution in [1.29, 1.82) is 0 Å². The maximum absolute atomic E-state index is 12.8. The number of hydrogen-bond donors (Lipinski definition) is 1. The van der Waals surface area contributed by atoms with Gasteiger partial charge in [-0.3, -0.25) is 19.3 Å². The van der Waals surface area contributed by atoms with Gasteiger partial charge in [0.15, 0.2) is 0 Å². The maximum atomic E-state index is 12.8. The number of imide groups is 2. The Balaban J connectivity index is 1.44. The third-order valence-corrected chi connectivity index (χ3v) is 6.55. The summed E-state index contributed by atoms with van der Waals surface area (Å²) in [7, 11) is 0. The molecule has 3 fully saturated rings. The van der Waals surface area contributed by atoms with Crippen molar-refractivity contribution in [2.45, 2.75) is 38.6 Å². The summed E-state index contributed by atoms with van der Waals surface area (Å²) in [6.07, 6.45) is 4.47. The number of nitrogens with one attached hydrogen (secondary N) is 1. The van der Waals surface area contributed by atoms with Crippen LogP contribution >= 0.6 is 11.6 Å². The standard InChI is InChI=1S/C20H22ClN3O4/c1-11(16-8-12-5-6-13(16)7-12)24-19(27)18(26)23(20(24)28)10-17(25)22-15-4-2-3-14(21)9-15/h2-4,9,11-13,16H,5-8,10H2,1H3,(H,22,25)/t11-,12-,13-,16-/m0/s1. The van der Waals surface area contributed by atoms with Crippen molar-refractivity contribution in [3.05, 3.63) is 29.3 Å². The fraction of sp³-hybridized carbons (Fsp3) is 0.500. The van der Waals surface area contributed by atoms with Crippen LogP contribution in [0.2, 0.25) is 5.02 Å². The first-order chi connectivity index (χ1) is 13.3. The number of urea groups is 1. The third-order valence-electron chi connectivity index (χ3n) is 6.31.